The van der Waals surface area contributed by atoms with Crippen molar-refractivity contribution in [2.75, 3.05) is 13.7 Å². The van der Waals surface area contributed by atoms with Gasteiger partial charge in [-0.15, -0.1) is 0 Å². The average molecular weight is 298 g/mol. The lowest BCUT2D eigenvalue weighted by atomic mass is 9.47. The number of carbonyl (C=O) groups excluding carboxylic acids is 1. The predicted octanol–water partition coefficient (Wildman–Crippen LogP) is 2.52. The largest absolute Gasteiger partial charge is 0.469 e. The van der Waals surface area contributed by atoms with Gasteiger partial charge in [0, 0.05) is 6.61 Å². The van der Waals surface area contributed by atoms with E-state index in [2.05, 4.69) is 6.92 Å². The van der Waals surface area contributed by atoms with Gasteiger partial charge in [-0.2, -0.15) is 0 Å². The van der Waals surface area contributed by atoms with Crippen LogP contribution >= 0.6 is 0 Å². The number of esters is 1. The Morgan fingerprint density at radius 2 is 2.00 bits per heavy atom. The Balaban J connectivity index is 2.31. The van der Waals surface area contributed by atoms with Crippen LogP contribution in [0.15, 0.2) is 0 Å². The van der Waals surface area contributed by atoms with E-state index < -0.39 is 5.41 Å². The van der Waals surface area contributed by atoms with E-state index in [1.165, 1.54) is 7.11 Å². The number of ether oxygens (including phenoxy) is 1. The zero-order valence-electron chi connectivity index (χ0n) is 13.6. The van der Waals surface area contributed by atoms with E-state index in [4.69, 9.17) is 9.84 Å². The molecule has 0 radical (unpaired) electrons. The van der Waals surface area contributed by atoms with Crippen molar-refractivity contribution < 1.29 is 19.7 Å². The number of carbonyl (C=O) groups is 1. The molecule has 0 aromatic carbocycles. The van der Waals surface area contributed by atoms with Gasteiger partial charge in [-0.1, -0.05) is 13.3 Å². The maximum atomic E-state index is 12.4. The molecule has 0 unspecified atom stereocenters. The van der Waals surface area contributed by atoms with Gasteiger partial charge in [0.25, 0.3) is 0 Å². The van der Waals surface area contributed by atoms with E-state index in [-0.39, 0.29) is 35.9 Å². The summed E-state index contributed by atoms with van der Waals surface area (Å²) in [5, 5.41) is 19.6. The third-order valence-electron chi connectivity index (χ3n) is 6.36. The van der Waals surface area contributed by atoms with Gasteiger partial charge >= 0.3 is 5.97 Å². The minimum absolute atomic E-state index is 0.0337. The molecule has 2 saturated carbocycles. The van der Waals surface area contributed by atoms with Gasteiger partial charge in [0.05, 0.1) is 18.6 Å². The van der Waals surface area contributed by atoms with Crippen LogP contribution in [-0.4, -0.2) is 36.0 Å². The van der Waals surface area contributed by atoms with Gasteiger partial charge in [0.15, 0.2) is 0 Å². The summed E-state index contributed by atoms with van der Waals surface area (Å²) in [4.78, 5) is 12.4. The molecule has 122 valence electrons. The molecule has 0 saturated heterocycles. The summed E-state index contributed by atoms with van der Waals surface area (Å²) in [6.07, 6.45) is 5.82. The summed E-state index contributed by atoms with van der Waals surface area (Å²) >= 11 is 0. The molecule has 0 aliphatic heterocycles. The fraction of sp³-hybridized carbons (Fsp3) is 0.941. The Morgan fingerprint density at radius 1 is 1.29 bits per heavy atom. The average Bonchev–Trinajstić information content (AvgIpc) is 2.45. The molecule has 2 N–H and O–H groups in total. The van der Waals surface area contributed by atoms with Gasteiger partial charge < -0.3 is 14.9 Å². The molecule has 5 atom stereocenters. The Bertz CT molecular complexity index is 383. The van der Waals surface area contributed by atoms with Crippen molar-refractivity contribution in [2.45, 2.75) is 64.9 Å². The van der Waals surface area contributed by atoms with Crippen LogP contribution in [0.3, 0.4) is 0 Å². The standard InChI is InChI=1S/C17H30O4/c1-16-9-5-10-17(2,15(20)21-3)14(16)8-7-13(19)12(16)6-4-11-18/h12-14,18-19H,4-11H2,1-3H3/t12-,13-,14+,16+,17-/m1/s1. The molecule has 2 rings (SSSR count). The van der Waals surface area contributed by atoms with E-state index in [0.29, 0.717) is 0 Å². The van der Waals surface area contributed by atoms with Crippen molar-refractivity contribution in [1.82, 2.24) is 0 Å². The molecule has 0 spiro atoms. The molecule has 0 bridgehead atoms. The Kier molecular flexibility index (Phi) is 4.99. The molecule has 0 amide bonds. The van der Waals surface area contributed by atoms with Crippen LogP contribution in [0.1, 0.15) is 58.8 Å². The molecule has 2 aliphatic rings. The fourth-order valence-corrected chi connectivity index (χ4v) is 5.29. The van der Waals surface area contributed by atoms with Crippen molar-refractivity contribution in [3.05, 3.63) is 0 Å². The van der Waals surface area contributed by atoms with Gasteiger partial charge in [0.1, 0.15) is 0 Å². The van der Waals surface area contributed by atoms with Crippen LogP contribution in [0.2, 0.25) is 0 Å². The molecule has 2 fully saturated rings. The summed E-state index contributed by atoms with van der Waals surface area (Å²) in [6.45, 7) is 4.45. The number of fused-ring (bicyclic) bond motifs is 1. The van der Waals surface area contributed by atoms with Crippen molar-refractivity contribution in [3.63, 3.8) is 0 Å². The number of hydrogen-bond acceptors (Lipinski definition) is 4. The minimum atomic E-state index is -0.431. The first kappa shape index (κ1) is 16.8. The van der Waals surface area contributed by atoms with Crippen molar-refractivity contribution in [2.24, 2.45) is 22.7 Å². The second-order valence-electron chi connectivity index (χ2n) is 7.44. The second kappa shape index (κ2) is 6.25. The van der Waals surface area contributed by atoms with E-state index >= 15 is 0 Å². The summed E-state index contributed by atoms with van der Waals surface area (Å²) in [7, 11) is 1.47. The third kappa shape index (κ3) is 2.72. The maximum absolute atomic E-state index is 12.4. The quantitative estimate of drug-likeness (QED) is 0.783. The molecular formula is C17H30O4. The molecular weight excluding hydrogens is 268 g/mol. The number of rotatable bonds is 4. The van der Waals surface area contributed by atoms with Crippen molar-refractivity contribution in [3.8, 4) is 0 Å². The summed E-state index contributed by atoms with van der Waals surface area (Å²) < 4.78 is 5.09. The topological polar surface area (TPSA) is 66.8 Å². The SMILES string of the molecule is COC(=O)[C@]1(C)CCC[C@@]2(C)[C@H](CCCO)[C@H](O)CC[C@@H]21. The highest BCUT2D eigenvalue weighted by Crippen LogP contribution is 2.61. The lowest BCUT2D eigenvalue weighted by molar-refractivity contribution is -0.178. The third-order valence-corrected chi connectivity index (χ3v) is 6.36. The molecule has 0 aromatic rings. The van der Waals surface area contributed by atoms with E-state index in [0.717, 1.165) is 44.9 Å². The zero-order chi connectivity index (χ0) is 15.7. The highest BCUT2D eigenvalue weighted by Gasteiger charge is 2.58. The number of aliphatic hydroxyl groups is 2. The smallest absolute Gasteiger partial charge is 0.311 e. The second-order valence-corrected chi connectivity index (χ2v) is 7.44. The lowest BCUT2D eigenvalue weighted by Crippen LogP contribution is -2.56. The van der Waals surface area contributed by atoms with E-state index in [9.17, 15) is 9.90 Å². The first-order chi connectivity index (χ1) is 9.90. The molecule has 4 nitrogen and oxygen atoms in total. The van der Waals surface area contributed by atoms with Gasteiger partial charge in [0.2, 0.25) is 0 Å². The Hall–Kier alpha value is -0.610. The van der Waals surface area contributed by atoms with E-state index in [1.54, 1.807) is 0 Å². The molecule has 4 heteroatoms. The maximum Gasteiger partial charge on any atom is 0.311 e. The molecule has 21 heavy (non-hydrogen) atoms. The molecule has 2 aliphatic carbocycles. The number of hydrogen-bond donors (Lipinski definition) is 2. The minimum Gasteiger partial charge on any atom is -0.469 e. The highest BCUT2D eigenvalue weighted by atomic mass is 16.5. The van der Waals surface area contributed by atoms with Crippen LogP contribution in [0.5, 0.6) is 0 Å². The summed E-state index contributed by atoms with van der Waals surface area (Å²) in [5.41, 5.74) is -0.465. The molecule has 0 aromatic heterocycles. The summed E-state index contributed by atoms with van der Waals surface area (Å²) in [6, 6.07) is 0. The monoisotopic (exact) mass is 298 g/mol. The van der Waals surface area contributed by atoms with Gasteiger partial charge in [-0.05, 0) is 62.7 Å². The summed E-state index contributed by atoms with van der Waals surface area (Å²) in [5.74, 6) is 0.335. The Labute approximate surface area is 127 Å². The number of methoxy groups -OCH3 is 1. The van der Waals surface area contributed by atoms with E-state index in [1.807, 2.05) is 6.92 Å². The fourth-order valence-electron chi connectivity index (χ4n) is 5.29. The Morgan fingerprint density at radius 3 is 2.62 bits per heavy atom. The first-order valence-electron chi connectivity index (χ1n) is 8.27. The van der Waals surface area contributed by atoms with Crippen molar-refractivity contribution in [1.29, 1.82) is 0 Å². The normalized spacial score (nSPS) is 43.2. The lowest BCUT2D eigenvalue weighted by Gasteiger charge is -2.58. The van der Waals surface area contributed by atoms with Gasteiger partial charge in [-0.3, -0.25) is 4.79 Å². The van der Waals surface area contributed by atoms with Crippen LogP contribution in [-0.2, 0) is 9.53 Å². The molecule has 0 heterocycles. The first-order valence-corrected chi connectivity index (χ1v) is 8.27. The van der Waals surface area contributed by atoms with Crippen LogP contribution in [0, 0.1) is 22.7 Å². The van der Waals surface area contributed by atoms with Crippen LogP contribution in [0.4, 0.5) is 0 Å². The number of aliphatic hydroxyl groups excluding tert-OH is 2. The van der Waals surface area contributed by atoms with Crippen molar-refractivity contribution >= 4 is 5.97 Å². The predicted molar refractivity (Wildman–Crippen MR) is 80.6 cm³/mol. The van der Waals surface area contributed by atoms with Crippen LogP contribution in [0.25, 0.3) is 0 Å². The van der Waals surface area contributed by atoms with Gasteiger partial charge in [-0.25, -0.2) is 0 Å². The highest BCUT2D eigenvalue weighted by molar-refractivity contribution is 5.77. The van der Waals surface area contributed by atoms with Crippen LogP contribution < -0.4 is 0 Å². The zero-order valence-corrected chi connectivity index (χ0v) is 13.6.